The number of hydrogen-bond acceptors (Lipinski definition) is 11. The summed E-state index contributed by atoms with van der Waals surface area (Å²) >= 11 is 0.958. The first-order chi connectivity index (χ1) is 25.9. The second-order valence-electron chi connectivity index (χ2n) is 13.4. The van der Waals surface area contributed by atoms with Crippen LogP contribution in [0.1, 0.15) is 62.2 Å². The van der Waals surface area contributed by atoms with Crippen molar-refractivity contribution in [1.29, 1.82) is 0 Å². The van der Waals surface area contributed by atoms with Gasteiger partial charge in [-0.2, -0.15) is 0 Å². The van der Waals surface area contributed by atoms with Gasteiger partial charge in [-0.05, 0) is 46.5 Å². The first kappa shape index (κ1) is 38.3. The molecule has 2 aliphatic rings. The van der Waals surface area contributed by atoms with Gasteiger partial charge in [-0.15, -0.1) is 0 Å². The molecule has 282 valence electrons. The molecular weight excluding hydrogens is 738 g/mol. The number of thioether (sulfide) groups is 1. The summed E-state index contributed by atoms with van der Waals surface area (Å²) in [6.07, 6.45) is -1.34. The number of benzene rings is 4. The van der Waals surface area contributed by atoms with Gasteiger partial charge in [0.1, 0.15) is 10.6 Å². The predicted octanol–water partition coefficient (Wildman–Crippen LogP) is 5.21. The quantitative estimate of drug-likeness (QED) is 0.0591. The number of carbonyl (C=O) groups excluding carboxylic acids is 1. The molecule has 0 bridgehead atoms. The Morgan fingerprint density at radius 1 is 0.655 bits per heavy atom. The lowest BCUT2D eigenvalue weighted by Crippen LogP contribution is -2.61. The van der Waals surface area contributed by atoms with Crippen molar-refractivity contribution in [3.63, 3.8) is 0 Å². The number of aliphatic hydroxyl groups is 2. The zero-order chi connectivity index (χ0) is 39.9. The van der Waals surface area contributed by atoms with E-state index in [0.717, 1.165) is 16.7 Å². The van der Waals surface area contributed by atoms with E-state index in [4.69, 9.17) is 0 Å². The summed E-state index contributed by atoms with van der Waals surface area (Å²) in [5.41, 5.74) is -3.57. The van der Waals surface area contributed by atoms with Gasteiger partial charge in [-0.1, -0.05) is 60.3 Å². The number of fused-ring (bicyclic) bond motifs is 1. The molecule has 6 rings (SSSR count). The third kappa shape index (κ3) is 7.53. The van der Waals surface area contributed by atoms with E-state index in [1.54, 1.807) is 0 Å². The Bertz CT molecular complexity index is 2260. The van der Waals surface area contributed by atoms with E-state index in [0.29, 0.717) is 11.1 Å². The third-order valence-electron chi connectivity index (χ3n) is 9.74. The number of nitro groups is 2. The number of non-ortho nitro benzene ring substituents is 2. The van der Waals surface area contributed by atoms with E-state index >= 15 is 0 Å². The second kappa shape index (κ2) is 14.4. The number of carboxylic acids is 3. The van der Waals surface area contributed by atoms with Crippen molar-refractivity contribution >= 4 is 47.0 Å². The van der Waals surface area contributed by atoms with Crippen LogP contribution in [0.15, 0.2) is 108 Å². The fourth-order valence-corrected chi connectivity index (χ4v) is 8.94. The maximum absolute atomic E-state index is 13.3. The van der Waals surface area contributed by atoms with Crippen molar-refractivity contribution in [2.45, 2.75) is 48.2 Å². The Kier molecular flexibility index (Phi) is 10.0. The van der Waals surface area contributed by atoms with Crippen LogP contribution in [0.25, 0.3) is 0 Å². The molecule has 0 spiro atoms. The number of aliphatic carboxylic acids is 1. The highest BCUT2D eigenvalue weighted by atomic mass is 32.2. The molecule has 2 heterocycles. The molecule has 1 saturated heterocycles. The van der Waals surface area contributed by atoms with Crippen LogP contribution in [0.5, 0.6) is 0 Å². The van der Waals surface area contributed by atoms with Crippen molar-refractivity contribution in [2.75, 3.05) is 0 Å². The lowest BCUT2D eigenvalue weighted by Gasteiger charge is -2.50. The molecule has 0 aromatic heterocycles. The highest BCUT2D eigenvalue weighted by molar-refractivity contribution is 8.04. The molecule has 0 aliphatic carbocycles. The van der Waals surface area contributed by atoms with E-state index in [1.807, 2.05) is 0 Å². The number of amides is 1. The van der Waals surface area contributed by atoms with Gasteiger partial charge in [-0.25, -0.2) is 14.4 Å². The molecule has 1 unspecified atom stereocenters. The highest BCUT2D eigenvalue weighted by Crippen LogP contribution is 2.61. The average Bonchev–Trinajstić information content (AvgIpc) is 3.38. The van der Waals surface area contributed by atoms with Crippen molar-refractivity contribution in [1.82, 2.24) is 4.90 Å². The minimum atomic E-state index is -1.95. The van der Waals surface area contributed by atoms with Gasteiger partial charge >= 0.3 is 17.9 Å². The Labute approximate surface area is 315 Å². The molecule has 2 aliphatic heterocycles. The van der Waals surface area contributed by atoms with Crippen LogP contribution < -0.4 is 0 Å². The fraction of sp³-hybridized carbons (Fsp3) is 0.211. The summed E-state index contributed by atoms with van der Waals surface area (Å²) < 4.78 is 0. The normalized spacial score (nSPS) is 18.4. The van der Waals surface area contributed by atoms with E-state index in [2.05, 4.69) is 0 Å². The van der Waals surface area contributed by atoms with Crippen LogP contribution in [-0.4, -0.2) is 69.0 Å². The number of rotatable bonds is 15. The SMILES string of the molecule is O=C(O)C1=C(C[C@@](O)(Cc2ccc([N+](=O)[O-])cc2)c2ccc(C(=O)O)cc2)SC2(C[C@@](O)(Cc3ccc([N+](=O)[O-])cc3)c3ccc(C(=O)O)cc3)CC(=O)N12. The molecule has 3 atom stereocenters. The van der Waals surface area contributed by atoms with Crippen LogP contribution in [0.4, 0.5) is 11.4 Å². The van der Waals surface area contributed by atoms with Gasteiger partial charge < -0.3 is 25.5 Å². The molecule has 5 N–H and O–H groups in total. The average molecular weight is 770 g/mol. The summed E-state index contributed by atoms with van der Waals surface area (Å²) in [6.45, 7) is 0. The number of nitro benzene ring substituents is 2. The third-order valence-corrected chi connectivity index (χ3v) is 11.2. The van der Waals surface area contributed by atoms with Gasteiger partial charge in [0.2, 0.25) is 5.91 Å². The van der Waals surface area contributed by atoms with E-state index in [1.165, 1.54) is 97.1 Å². The molecule has 4 aromatic carbocycles. The first-order valence-corrected chi connectivity index (χ1v) is 17.3. The summed E-state index contributed by atoms with van der Waals surface area (Å²) in [4.78, 5) is 70.6. The van der Waals surface area contributed by atoms with Crippen LogP contribution in [0.3, 0.4) is 0 Å². The number of β-lactam (4-membered cyclic amide) rings is 1. The number of carbonyl (C=O) groups is 4. The largest absolute Gasteiger partial charge is 0.478 e. The van der Waals surface area contributed by atoms with Gasteiger partial charge in [0.15, 0.2) is 0 Å². The van der Waals surface area contributed by atoms with Crippen LogP contribution >= 0.6 is 11.8 Å². The molecule has 4 aromatic rings. The van der Waals surface area contributed by atoms with Gasteiger partial charge in [-0.3, -0.25) is 29.9 Å². The molecule has 1 amide bonds. The molecule has 0 radical (unpaired) electrons. The van der Waals surface area contributed by atoms with Crippen molar-refractivity contribution in [2.24, 2.45) is 0 Å². The Balaban J connectivity index is 1.40. The second-order valence-corrected chi connectivity index (χ2v) is 14.9. The standard InChI is InChI=1S/C38H31N3O13S/c42-31-20-38(21-37(50,27-11-7-25(8-12-27)34(45)46)18-23-3-15-29(16-4-23)41(53)54)39(31)32(35(47)48)30(55-38)19-36(49,26-9-5-24(6-10-26)33(43)44)17-22-1-13-28(14-2-22)40(51)52/h1-16,49-50H,17-21H2,(H,43,44)(H,45,46)(H,47,48)/t36-,37-,38?/m0/s1. The van der Waals surface area contributed by atoms with E-state index in [-0.39, 0.29) is 64.2 Å². The topological polar surface area (TPSA) is 259 Å². The van der Waals surface area contributed by atoms with Crippen molar-refractivity contribution in [3.8, 4) is 0 Å². The van der Waals surface area contributed by atoms with Crippen molar-refractivity contribution < 1.29 is 54.6 Å². The van der Waals surface area contributed by atoms with Crippen LogP contribution in [0.2, 0.25) is 0 Å². The molecule has 55 heavy (non-hydrogen) atoms. The molecule has 0 saturated carbocycles. The lowest BCUT2D eigenvalue weighted by molar-refractivity contribution is -0.385. The maximum atomic E-state index is 13.3. The fourth-order valence-electron chi connectivity index (χ4n) is 7.10. The minimum absolute atomic E-state index is 0.0592. The lowest BCUT2D eigenvalue weighted by atomic mass is 9.78. The summed E-state index contributed by atoms with van der Waals surface area (Å²) in [7, 11) is 0. The van der Waals surface area contributed by atoms with E-state index < -0.39 is 61.9 Å². The Morgan fingerprint density at radius 3 is 1.45 bits per heavy atom. The first-order valence-electron chi connectivity index (χ1n) is 16.5. The number of carboxylic acid groups (broad SMARTS) is 3. The zero-order valence-electron chi connectivity index (χ0n) is 28.5. The smallest absolute Gasteiger partial charge is 0.353 e. The molecule has 16 nitrogen and oxygen atoms in total. The van der Waals surface area contributed by atoms with Crippen LogP contribution in [0, 0.1) is 20.2 Å². The number of hydrogen-bond donors (Lipinski definition) is 5. The van der Waals surface area contributed by atoms with Crippen LogP contribution in [-0.2, 0) is 33.6 Å². The Morgan fingerprint density at radius 2 is 1.07 bits per heavy atom. The minimum Gasteiger partial charge on any atom is -0.478 e. The molecule has 1 fully saturated rings. The van der Waals surface area contributed by atoms with Gasteiger partial charge in [0, 0.05) is 54.9 Å². The summed E-state index contributed by atoms with van der Waals surface area (Å²) in [5, 5.41) is 77.0. The summed E-state index contributed by atoms with van der Waals surface area (Å²) in [6, 6.07) is 21.3. The predicted molar refractivity (Wildman–Crippen MR) is 194 cm³/mol. The Hall–Kier alpha value is -6.43. The van der Waals surface area contributed by atoms with Gasteiger partial charge in [0.05, 0.1) is 38.6 Å². The van der Waals surface area contributed by atoms with E-state index in [9.17, 15) is 64.9 Å². The number of aromatic carboxylic acids is 2. The van der Waals surface area contributed by atoms with Crippen molar-refractivity contribution in [3.05, 3.63) is 161 Å². The number of nitrogens with zero attached hydrogens (tertiary/aromatic N) is 3. The monoisotopic (exact) mass is 769 g/mol. The highest BCUT2D eigenvalue weighted by Gasteiger charge is 2.63. The molecule has 17 heteroatoms. The zero-order valence-corrected chi connectivity index (χ0v) is 29.3. The van der Waals surface area contributed by atoms with Gasteiger partial charge in [0.25, 0.3) is 11.4 Å². The molecular formula is C38H31N3O13S. The summed E-state index contributed by atoms with van der Waals surface area (Å²) in [5.74, 6) is -4.52. The maximum Gasteiger partial charge on any atom is 0.353 e.